The first-order chi connectivity index (χ1) is 17.6. The van der Waals surface area contributed by atoms with Gasteiger partial charge in [0.15, 0.2) is 0 Å². The lowest BCUT2D eigenvalue weighted by molar-refractivity contribution is -0.139. The average Bonchev–Trinajstić information content (AvgIpc) is 2.85. The third-order valence-electron chi connectivity index (χ3n) is 4.65. The van der Waals surface area contributed by atoms with Crippen molar-refractivity contribution in [3.05, 3.63) is 66.8 Å². The van der Waals surface area contributed by atoms with Crippen LogP contribution >= 0.6 is 35.3 Å². The molecule has 0 atom stereocenters. The highest BCUT2D eigenvalue weighted by Crippen LogP contribution is 2.35. The quantitative estimate of drug-likeness (QED) is 0.0800. The Balaban J connectivity index is 2.12. The van der Waals surface area contributed by atoms with E-state index in [4.69, 9.17) is 14.2 Å². The topological polar surface area (TPSA) is 78.9 Å². The zero-order chi connectivity index (χ0) is 27.4. The van der Waals surface area contributed by atoms with Crippen molar-refractivity contribution in [2.75, 3.05) is 37.1 Å². The van der Waals surface area contributed by atoms with Crippen LogP contribution in [0.2, 0.25) is 0 Å². The molecule has 0 radical (unpaired) electrons. The standard InChI is InChI=1S/C28H32O6S3/c1-18(2)26(29)32-9-12-35-22-7-8-24-21(15-22)16-23(36-13-10-33-27(30)19(3)4)17-25(24)37-14-11-34-28(31)20(5)6/h7-8,15-17H,1,3,5,9-14H2,2,4,6H3. The molecule has 9 heteroatoms. The lowest BCUT2D eigenvalue weighted by Crippen LogP contribution is -2.07. The lowest BCUT2D eigenvalue weighted by Gasteiger charge is -2.12. The second kappa shape index (κ2) is 15.6. The highest BCUT2D eigenvalue weighted by atomic mass is 32.2. The maximum absolute atomic E-state index is 11.7. The smallest absolute Gasteiger partial charge is 0.333 e. The van der Waals surface area contributed by atoms with Crippen LogP contribution in [-0.4, -0.2) is 55.0 Å². The van der Waals surface area contributed by atoms with Crippen molar-refractivity contribution < 1.29 is 28.6 Å². The summed E-state index contributed by atoms with van der Waals surface area (Å²) in [4.78, 5) is 38.0. The molecule has 0 saturated heterocycles. The summed E-state index contributed by atoms with van der Waals surface area (Å²) in [6, 6.07) is 10.4. The van der Waals surface area contributed by atoms with Crippen LogP contribution in [0, 0.1) is 0 Å². The monoisotopic (exact) mass is 560 g/mol. The Morgan fingerprint density at radius 2 is 1.08 bits per heavy atom. The fourth-order valence-corrected chi connectivity index (χ4v) is 5.43. The maximum atomic E-state index is 11.7. The minimum absolute atomic E-state index is 0.281. The molecule has 2 rings (SSSR count). The van der Waals surface area contributed by atoms with E-state index in [1.807, 2.05) is 6.07 Å². The number of hydrogen-bond acceptors (Lipinski definition) is 9. The maximum Gasteiger partial charge on any atom is 0.333 e. The number of hydrogen-bond donors (Lipinski definition) is 0. The van der Waals surface area contributed by atoms with Crippen LogP contribution in [0.25, 0.3) is 10.8 Å². The van der Waals surface area contributed by atoms with E-state index in [1.54, 1.807) is 56.1 Å². The fraction of sp³-hybridized carbons (Fsp3) is 0.321. The predicted octanol–water partition coefficient (Wildman–Crippen LogP) is 6.47. The summed E-state index contributed by atoms with van der Waals surface area (Å²) < 4.78 is 15.6. The Morgan fingerprint density at radius 3 is 1.57 bits per heavy atom. The van der Waals surface area contributed by atoms with Gasteiger partial charge >= 0.3 is 17.9 Å². The molecule has 0 amide bonds. The Labute approximate surface area is 231 Å². The molecule has 0 saturated carbocycles. The van der Waals surface area contributed by atoms with E-state index in [9.17, 15) is 14.4 Å². The molecule has 37 heavy (non-hydrogen) atoms. The number of ether oxygens (including phenoxy) is 3. The van der Waals surface area contributed by atoms with Gasteiger partial charge in [-0.3, -0.25) is 0 Å². The zero-order valence-electron chi connectivity index (χ0n) is 21.4. The van der Waals surface area contributed by atoms with E-state index in [2.05, 4.69) is 44.0 Å². The number of carbonyl (C=O) groups excluding carboxylic acids is 3. The second-order valence-electron chi connectivity index (χ2n) is 8.10. The average molecular weight is 561 g/mol. The Bertz CT molecular complexity index is 1180. The van der Waals surface area contributed by atoms with E-state index >= 15 is 0 Å². The summed E-state index contributed by atoms with van der Waals surface area (Å²) in [6.45, 7) is 16.5. The largest absolute Gasteiger partial charge is 0.461 e. The fourth-order valence-electron chi connectivity index (χ4n) is 2.82. The van der Waals surface area contributed by atoms with Crippen LogP contribution in [0.5, 0.6) is 0 Å². The first kappa shape index (κ1) is 30.6. The Hall–Kier alpha value is -2.62. The molecular formula is C28H32O6S3. The number of carbonyl (C=O) groups is 3. The van der Waals surface area contributed by atoms with Crippen LogP contribution in [0.15, 0.2) is 81.5 Å². The van der Waals surface area contributed by atoms with Gasteiger partial charge in [-0.2, -0.15) is 0 Å². The molecule has 0 aliphatic rings. The van der Waals surface area contributed by atoms with Crippen molar-refractivity contribution in [2.24, 2.45) is 0 Å². The summed E-state index contributed by atoms with van der Waals surface area (Å²) >= 11 is 4.81. The number of fused-ring (bicyclic) bond motifs is 1. The Kier molecular flexibility index (Phi) is 12.9. The van der Waals surface area contributed by atoms with Gasteiger partial charge < -0.3 is 14.2 Å². The van der Waals surface area contributed by atoms with Gasteiger partial charge in [-0.1, -0.05) is 25.8 Å². The molecule has 0 aromatic heterocycles. The second-order valence-corrected chi connectivity index (χ2v) is 11.6. The van der Waals surface area contributed by atoms with E-state index in [0.29, 0.717) is 40.6 Å². The molecule has 0 bridgehead atoms. The summed E-state index contributed by atoms with van der Waals surface area (Å²) in [6.07, 6.45) is 0. The van der Waals surface area contributed by atoms with Gasteiger partial charge in [0, 0.05) is 48.7 Å². The minimum atomic E-state index is -0.394. The third-order valence-corrected chi connectivity index (χ3v) is 7.57. The predicted molar refractivity (Wildman–Crippen MR) is 153 cm³/mol. The van der Waals surface area contributed by atoms with Crippen LogP contribution in [-0.2, 0) is 28.6 Å². The van der Waals surface area contributed by atoms with Crippen LogP contribution in [0.1, 0.15) is 20.8 Å². The van der Waals surface area contributed by atoms with Crippen molar-refractivity contribution in [3.8, 4) is 0 Å². The van der Waals surface area contributed by atoms with Crippen LogP contribution in [0.3, 0.4) is 0 Å². The first-order valence-corrected chi connectivity index (χ1v) is 14.5. The van der Waals surface area contributed by atoms with Crippen LogP contribution in [0.4, 0.5) is 0 Å². The van der Waals surface area contributed by atoms with Gasteiger partial charge in [-0.15, -0.1) is 35.3 Å². The molecule has 0 aliphatic heterocycles. The highest BCUT2D eigenvalue weighted by Gasteiger charge is 2.10. The molecule has 2 aromatic rings. The molecular weight excluding hydrogens is 529 g/mol. The summed E-state index contributed by atoms with van der Waals surface area (Å²) in [5.74, 6) is 0.661. The SMILES string of the molecule is C=C(C)C(=O)OCCSc1ccc2c(SCCOC(=O)C(=C)C)cc(SCCOC(=O)C(=C)C)cc2c1. The van der Waals surface area contributed by atoms with Gasteiger partial charge in [-0.05, 0) is 55.8 Å². The third kappa shape index (κ3) is 10.7. The summed E-state index contributed by atoms with van der Waals surface area (Å²) in [5.41, 5.74) is 1.14. The molecule has 0 heterocycles. The van der Waals surface area contributed by atoms with Gasteiger partial charge in [0.1, 0.15) is 19.8 Å². The molecule has 2 aromatic carbocycles. The minimum Gasteiger partial charge on any atom is -0.461 e. The lowest BCUT2D eigenvalue weighted by atomic mass is 10.1. The van der Waals surface area contributed by atoms with E-state index in [-0.39, 0.29) is 19.2 Å². The number of rotatable bonds is 15. The van der Waals surface area contributed by atoms with Crippen molar-refractivity contribution in [1.29, 1.82) is 0 Å². The first-order valence-electron chi connectivity index (χ1n) is 11.5. The van der Waals surface area contributed by atoms with Gasteiger partial charge in [0.05, 0.1) is 0 Å². The normalized spacial score (nSPS) is 10.6. The van der Waals surface area contributed by atoms with E-state index in [0.717, 1.165) is 25.5 Å². The van der Waals surface area contributed by atoms with Crippen molar-refractivity contribution in [2.45, 2.75) is 35.5 Å². The van der Waals surface area contributed by atoms with E-state index in [1.165, 1.54) is 0 Å². The number of thioether (sulfide) groups is 3. The molecule has 0 fully saturated rings. The molecule has 198 valence electrons. The molecule has 0 unspecified atom stereocenters. The van der Waals surface area contributed by atoms with Crippen LogP contribution < -0.4 is 0 Å². The molecule has 0 spiro atoms. The zero-order valence-corrected chi connectivity index (χ0v) is 23.9. The van der Waals surface area contributed by atoms with Gasteiger partial charge in [-0.25, -0.2) is 14.4 Å². The van der Waals surface area contributed by atoms with Gasteiger partial charge in [0.25, 0.3) is 0 Å². The van der Waals surface area contributed by atoms with Crippen molar-refractivity contribution in [3.63, 3.8) is 0 Å². The summed E-state index contributed by atoms with van der Waals surface area (Å²) in [7, 11) is 0. The van der Waals surface area contributed by atoms with Crippen molar-refractivity contribution in [1.82, 2.24) is 0 Å². The van der Waals surface area contributed by atoms with E-state index < -0.39 is 11.9 Å². The molecule has 0 aliphatic carbocycles. The highest BCUT2D eigenvalue weighted by molar-refractivity contribution is 8.00. The number of esters is 3. The van der Waals surface area contributed by atoms with Gasteiger partial charge in [0.2, 0.25) is 0 Å². The molecule has 0 N–H and O–H groups in total. The van der Waals surface area contributed by atoms with Crippen molar-refractivity contribution >= 4 is 64.0 Å². The number of benzene rings is 2. The molecule has 6 nitrogen and oxygen atoms in total. The Morgan fingerprint density at radius 1 is 0.649 bits per heavy atom. The summed E-state index contributed by atoms with van der Waals surface area (Å²) in [5, 5.41) is 2.15.